The smallest absolute Gasteiger partial charge is 0.324 e. The van der Waals surface area contributed by atoms with Gasteiger partial charge in [0.2, 0.25) is 5.91 Å². The summed E-state index contributed by atoms with van der Waals surface area (Å²) in [6.45, 7) is 4.10. The van der Waals surface area contributed by atoms with E-state index in [1.807, 2.05) is 19.9 Å². The van der Waals surface area contributed by atoms with Crippen LogP contribution in [-0.4, -0.2) is 15.0 Å². The van der Waals surface area contributed by atoms with E-state index in [1.54, 1.807) is 48.5 Å². The second-order valence-electron chi connectivity index (χ2n) is 7.27. The molecule has 2 aromatic carbocycles. The van der Waals surface area contributed by atoms with Gasteiger partial charge in [-0.2, -0.15) is 5.26 Å². The van der Waals surface area contributed by atoms with Crippen molar-refractivity contribution in [2.45, 2.75) is 33.4 Å². The molecular formula is C22H22N4O3. The van der Waals surface area contributed by atoms with Gasteiger partial charge >= 0.3 is 5.69 Å². The van der Waals surface area contributed by atoms with Crippen LogP contribution in [-0.2, 0) is 17.9 Å². The Bertz CT molecular complexity index is 1220. The molecule has 0 unspecified atom stereocenters. The fourth-order valence-corrected chi connectivity index (χ4v) is 3.12. The quantitative estimate of drug-likeness (QED) is 0.700. The Kier molecular flexibility index (Phi) is 5.93. The average Bonchev–Trinajstić information content (AvgIpc) is 2.71. The number of nitrogens with zero attached hydrogens (tertiary/aromatic N) is 3. The summed E-state index contributed by atoms with van der Waals surface area (Å²) >= 11 is 0. The van der Waals surface area contributed by atoms with Gasteiger partial charge in [-0.3, -0.25) is 18.7 Å². The van der Waals surface area contributed by atoms with Crippen molar-refractivity contribution in [1.82, 2.24) is 9.13 Å². The minimum atomic E-state index is -0.504. The van der Waals surface area contributed by atoms with Crippen LogP contribution in [0.25, 0.3) is 10.9 Å². The normalized spacial score (nSPS) is 10.8. The highest BCUT2D eigenvalue weighted by Gasteiger charge is 2.15. The van der Waals surface area contributed by atoms with Crippen LogP contribution < -0.4 is 16.6 Å². The Morgan fingerprint density at radius 1 is 1.10 bits per heavy atom. The van der Waals surface area contributed by atoms with Crippen molar-refractivity contribution in [3.63, 3.8) is 0 Å². The van der Waals surface area contributed by atoms with Crippen LogP contribution >= 0.6 is 0 Å². The van der Waals surface area contributed by atoms with Crippen molar-refractivity contribution in [1.29, 1.82) is 5.26 Å². The largest absolute Gasteiger partial charge is 0.331 e. The lowest BCUT2D eigenvalue weighted by Crippen LogP contribution is -2.42. The van der Waals surface area contributed by atoms with Crippen LogP contribution in [0.15, 0.2) is 58.1 Å². The molecule has 0 bridgehead atoms. The first-order valence-electron chi connectivity index (χ1n) is 9.43. The Balaban J connectivity index is 1.99. The summed E-state index contributed by atoms with van der Waals surface area (Å²) in [5.74, 6) is -0.0849. The minimum absolute atomic E-state index is 0.238. The highest BCUT2D eigenvalue weighted by molar-refractivity contribution is 5.91. The number of hydrogen-bond donors (Lipinski definition) is 1. The zero-order chi connectivity index (χ0) is 21.0. The fraction of sp³-hybridized carbons (Fsp3) is 0.273. The molecule has 0 spiro atoms. The monoisotopic (exact) mass is 390 g/mol. The molecule has 3 aromatic rings. The molecule has 148 valence electrons. The van der Waals surface area contributed by atoms with E-state index in [1.165, 1.54) is 9.13 Å². The predicted molar refractivity (Wildman–Crippen MR) is 112 cm³/mol. The summed E-state index contributed by atoms with van der Waals surface area (Å²) in [5.41, 5.74) is 0.469. The Morgan fingerprint density at radius 3 is 2.59 bits per heavy atom. The number of amides is 1. The van der Waals surface area contributed by atoms with Gasteiger partial charge in [0, 0.05) is 12.2 Å². The average molecular weight is 390 g/mol. The number of para-hydroxylation sites is 1. The third-order valence-electron chi connectivity index (χ3n) is 4.64. The summed E-state index contributed by atoms with van der Waals surface area (Å²) in [6, 6.07) is 15.3. The number of nitrogens with one attached hydrogen (secondary N) is 1. The van der Waals surface area contributed by atoms with Crippen LogP contribution in [0.3, 0.4) is 0 Å². The van der Waals surface area contributed by atoms with Gasteiger partial charge in [0.25, 0.3) is 5.56 Å². The van der Waals surface area contributed by atoms with Gasteiger partial charge in [-0.25, -0.2) is 4.79 Å². The summed E-state index contributed by atoms with van der Waals surface area (Å²) in [4.78, 5) is 38.4. The first kappa shape index (κ1) is 20.1. The number of aromatic nitrogens is 2. The van der Waals surface area contributed by atoms with E-state index in [0.717, 1.165) is 0 Å². The van der Waals surface area contributed by atoms with Gasteiger partial charge in [-0.05, 0) is 42.7 Å². The number of nitriles is 1. The van der Waals surface area contributed by atoms with Crippen LogP contribution in [0.5, 0.6) is 0 Å². The number of fused-ring (bicyclic) bond motifs is 1. The lowest BCUT2D eigenvalue weighted by molar-refractivity contribution is -0.116. The van der Waals surface area contributed by atoms with E-state index >= 15 is 0 Å². The van der Waals surface area contributed by atoms with Crippen LogP contribution in [0, 0.1) is 17.2 Å². The van der Waals surface area contributed by atoms with Crippen LogP contribution in [0.4, 0.5) is 5.69 Å². The van der Waals surface area contributed by atoms with E-state index in [4.69, 9.17) is 5.26 Å². The molecule has 0 radical (unpaired) electrons. The SMILES string of the molecule is CC(C)CCn1c(=O)c2ccccc2n(CC(=O)Nc2cccc(C#N)c2)c1=O. The van der Waals surface area contributed by atoms with Crippen molar-refractivity contribution >= 4 is 22.5 Å². The van der Waals surface area contributed by atoms with E-state index < -0.39 is 11.6 Å². The number of anilines is 1. The third-order valence-corrected chi connectivity index (χ3v) is 4.64. The molecule has 7 nitrogen and oxygen atoms in total. The molecule has 0 saturated heterocycles. The maximum absolute atomic E-state index is 13.0. The van der Waals surface area contributed by atoms with Crippen molar-refractivity contribution in [3.8, 4) is 6.07 Å². The van der Waals surface area contributed by atoms with Crippen molar-refractivity contribution < 1.29 is 4.79 Å². The second-order valence-corrected chi connectivity index (χ2v) is 7.27. The molecule has 0 aliphatic carbocycles. The number of carbonyl (C=O) groups is 1. The van der Waals surface area contributed by atoms with E-state index in [9.17, 15) is 14.4 Å². The molecule has 0 aliphatic heterocycles. The Labute approximate surface area is 167 Å². The molecule has 1 aromatic heterocycles. The van der Waals surface area contributed by atoms with Crippen molar-refractivity contribution in [2.24, 2.45) is 5.92 Å². The Hall–Kier alpha value is -3.66. The zero-order valence-electron chi connectivity index (χ0n) is 16.4. The molecule has 0 aliphatic rings. The molecule has 7 heteroatoms. The first-order valence-corrected chi connectivity index (χ1v) is 9.43. The molecule has 1 heterocycles. The molecule has 1 N–H and O–H groups in total. The molecule has 0 atom stereocenters. The van der Waals surface area contributed by atoms with E-state index in [0.29, 0.717) is 41.0 Å². The molecule has 0 saturated carbocycles. The minimum Gasteiger partial charge on any atom is -0.324 e. The third kappa shape index (κ3) is 4.43. The van der Waals surface area contributed by atoms with Gasteiger partial charge in [0.15, 0.2) is 0 Å². The van der Waals surface area contributed by atoms with Gasteiger partial charge in [-0.1, -0.05) is 32.0 Å². The van der Waals surface area contributed by atoms with E-state index in [2.05, 4.69) is 5.32 Å². The number of benzene rings is 2. The van der Waals surface area contributed by atoms with Gasteiger partial charge in [-0.15, -0.1) is 0 Å². The Morgan fingerprint density at radius 2 is 1.86 bits per heavy atom. The summed E-state index contributed by atoms with van der Waals surface area (Å²) < 4.78 is 2.52. The van der Waals surface area contributed by atoms with Gasteiger partial charge in [0.05, 0.1) is 22.5 Å². The van der Waals surface area contributed by atoms with Crippen molar-refractivity contribution in [3.05, 3.63) is 74.9 Å². The summed E-state index contributed by atoms with van der Waals surface area (Å²) in [7, 11) is 0. The second kappa shape index (κ2) is 8.57. The zero-order valence-corrected chi connectivity index (χ0v) is 16.4. The first-order chi connectivity index (χ1) is 13.9. The topological polar surface area (TPSA) is 96.9 Å². The summed E-state index contributed by atoms with van der Waals surface area (Å²) in [6.07, 6.45) is 0.681. The number of rotatable bonds is 6. The molecule has 1 amide bonds. The lowest BCUT2D eigenvalue weighted by Gasteiger charge is -2.15. The standard InChI is InChI=1S/C22H22N4O3/c1-15(2)10-11-25-21(28)18-8-3-4-9-19(18)26(22(25)29)14-20(27)24-17-7-5-6-16(12-17)13-23/h3-9,12,15H,10-11,14H2,1-2H3,(H,24,27). The maximum atomic E-state index is 13.0. The van der Waals surface area contributed by atoms with Crippen LogP contribution in [0.1, 0.15) is 25.8 Å². The molecular weight excluding hydrogens is 368 g/mol. The van der Waals surface area contributed by atoms with Crippen molar-refractivity contribution in [2.75, 3.05) is 5.32 Å². The fourth-order valence-electron chi connectivity index (χ4n) is 3.12. The molecule has 3 rings (SSSR count). The highest BCUT2D eigenvalue weighted by Crippen LogP contribution is 2.11. The predicted octanol–water partition coefficient (Wildman–Crippen LogP) is 2.72. The maximum Gasteiger partial charge on any atom is 0.331 e. The molecule has 29 heavy (non-hydrogen) atoms. The van der Waals surface area contributed by atoms with Crippen LogP contribution in [0.2, 0.25) is 0 Å². The lowest BCUT2D eigenvalue weighted by atomic mass is 10.1. The van der Waals surface area contributed by atoms with Gasteiger partial charge < -0.3 is 5.32 Å². The van der Waals surface area contributed by atoms with Gasteiger partial charge in [0.1, 0.15) is 6.54 Å². The number of carbonyl (C=O) groups excluding carboxylic acids is 1. The number of hydrogen-bond acceptors (Lipinski definition) is 4. The summed E-state index contributed by atoms with van der Waals surface area (Å²) in [5, 5.41) is 12.1. The van der Waals surface area contributed by atoms with E-state index in [-0.39, 0.29) is 12.1 Å². The molecule has 0 fully saturated rings. The highest BCUT2D eigenvalue weighted by atomic mass is 16.2.